The number of carbonyl (C=O) groups excluding carboxylic acids is 2. The summed E-state index contributed by atoms with van der Waals surface area (Å²) < 4.78 is 23.2. The Bertz CT molecular complexity index is 777. The Labute approximate surface area is 163 Å². The molecule has 3 N–H and O–H groups in total. The summed E-state index contributed by atoms with van der Waals surface area (Å²) in [6.45, 7) is 5.36. The van der Waals surface area contributed by atoms with E-state index < -0.39 is 25.2 Å². The maximum Gasteiger partial charge on any atom is 0.348 e. The predicted molar refractivity (Wildman–Crippen MR) is 104 cm³/mol. The highest BCUT2D eigenvalue weighted by molar-refractivity contribution is 7.53. The smallest absolute Gasteiger partial charge is 0.323 e. The van der Waals surface area contributed by atoms with Crippen molar-refractivity contribution in [2.24, 2.45) is 4.99 Å². The molecular weight excluding hydrogens is 387 g/mol. The summed E-state index contributed by atoms with van der Waals surface area (Å²) in [5.74, 6) is -0.203. The topological polar surface area (TPSA) is 130 Å². The minimum Gasteiger partial charge on any atom is -0.323 e. The largest absolute Gasteiger partial charge is 0.348 e. The van der Waals surface area contributed by atoms with Gasteiger partial charge in [0.25, 0.3) is 0 Å². The number of para-hydroxylation sites is 1. The average Bonchev–Trinajstić information content (AvgIpc) is 2.85. The number of nitrogens with one attached hydrogen (secondary N) is 2. The summed E-state index contributed by atoms with van der Waals surface area (Å²) in [5, 5.41) is 15.4. The highest BCUT2D eigenvalue weighted by atomic mass is 31.2. The van der Waals surface area contributed by atoms with E-state index in [9.17, 15) is 19.4 Å². The maximum absolute atomic E-state index is 12.7. The first-order chi connectivity index (χ1) is 13.2. The predicted octanol–water partition coefficient (Wildman–Crippen LogP) is 3.45. The monoisotopic (exact) mass is 412 g/mol. The summed E-state index contributed by atoms with van der Waals surface area (Å²) in [4.78, 5) is 28.0. The van der Waals surface area contributed by atoms with Crippen molar-refractivity contribution in [1.82, 2.24) is 10.4 Å². The SMILES string of the molecule is CCOP(=O)(CCC1(C)NC(=O)N(O)C1=NC(=O)Nc1ccccc1)OCC. The van der Waals surface area contributed by atoms with Crippen molar-refractivity contribution in [3.05, 3.63) is 30.3 Å². The first-order valence-electron chi connectivity index (χ1n) is 8.87. The van der Waals surface area contributed by atoms with E-state index in [0.717, 1.165) is 0 Å². The van der Waals surface area contributed by atoms with Crippen LogP contribution in [0.3, 0.4) is 0 Å². The van der Waals surface area contributed by atoms with E-state index in [1.54, 1.807) is 51.1 Å². The van der Waals surface area contributed by atoms with Gasteiger partial charge in [0, 0.05) is 5.69 Å². The lowest BCUT2D eigenvalue weighted by Gasteiger charge is -2.26. The Morgan fingerprint density at radius 1 is 1.29 bits per heavy atom. The Kier molecular flexibility index (Phi) is 7.31. The molecule has 28 heavy (non-hydrogen) atoms. The van der Waals surface area contributed by atoms with Gasteiger partial charge >= 0.3 is 19.7 Å². The third-order valence-electron chi connectivity index (χ3n) is 4.04. The number of amides is 4. The van der Waals surface area contributed by atoms with E-state index in [-0.39, 0.29) is 36.7 Å². The molecule has 1 aromatic carbocycles. The number of hydrogen-bond acceptors (Lipinski definition) is 6. The molecule has 1 aliphatic heterocycles. The molecule has 1 saturated heterocycles. The Hall–Kier alpha value is -2.26. The summed E-state index contributed by atoms with van der Waals surface area (Å²) in [6.07, 6.45) is 0.0448. The lowest BCUT2D eigenvalue weighted by atomic mass is 9.99. The molecule has 0 bridgehead atoms. The number of anilines is 1. The minimum atomic E-state index is -3.38. The number of rotatable bonds is 8. The van der Waals surface area contributed by atoms with Crippen LogP contribution in [-0.2, 0) is 13.6 Å². The Balaban J connectivity index is 2.19. The molecule has 0 aliphatic carbocycles. The molecule has 4 amide bonds. The third-order valence-corrected chi connectivity index (χ3v) is 6.11. The fourth-order valence-corrected chi connectivity index (χ4v) is 4.55. The van der Waals surface area contributed by atoms with Crippen LogP contribution in [0.2, 0.25) is 0 Å². The number of nitrogens with zero attached hydrogens (tertiary/aromatic N) is 2. The van der Waals surface area contributed by atoms with Gasteiger partial charge in [-0.2, -0.15) is 10.1 Å². The van der Waals surface area contributed by atoms with Gasteiger partial charge < -0.3 is 19.7 Å². The first-order valence-corrected chi connectivity index (χ1v) is 10.6. The van der Waals surface area contributed by atoms with Gasteiger partial charge in [0.05, 0.1) is 19.4 Å². The maximum atomic E-state index is 12.7. The van der Waals surface area contributed by atoms with Gasteiger partial charge in [-0.25, -0.2) is 9.59 Å². The molecule has 1 heterocycles. The second-order valence-electron chi connectivity index (χ2n) is 6.23. The molecule has 1 aromatic rings. The van der Waals surface area contributed by atoms with Crippen LogP contribution in [0, 0.1) is 0 Å². The number of carbonyl (C=O) groups is 2. The van der Waals surface area contributed by atoms with Crippen LogP contribution in [0.15, 0.2) is 35.3 Å². The quantitative estimate of drug-likeness (QED) is 0.443. The molecule has 0 saturated carbocycles. The van der Waals surface area contributed by atoms with E-state index in [4.69, 9.17) is 9.05 Å². The van der Waals surface area contributed by atoms with E-state index in [1.165, 1.54) is 0 Å². The highest BCUT2D eigenvalue weighted by Gasteiger charge is 2.47. The molecule has 2 rings (SSSR count). The number of hydroxylamine groups is 2. The normalized spacial score (nSPS) is 21.1. The molecule has 1 atom stereocenters. The summed E-state index contributed by atoms with van der Waals surface area (Å²) in [6, 6.07) is 7.02. The second kappa shape index (κ2) is 9.29. The van der Waals surface area contributed by atoms with Crippen molar-refractivity contribution in [2.45, 2.75) is 32.7 Å². The van der Waals surface area contributed by atoms with E-state index in [1.807, 2.05) is 0 Å². The van der Waals surface area contributed by atoms with Crippen LogP contribution in [0.1, 0.15) is 27.2 Å². The lowest BCUT2D eigenvalue weighted by Crippen LogP contribution is -2.45. The number of urea groups is 2. The Morgan fingerprint density at radius 2 is 1.89 bits per heavy atom. The number of aliphatic imine (C=N–C) groups is 1. The number of hydrogen-bond donors (Lipinski definition) is 3. The molecule has 1 fully saturated rings. The molecule has 154 valence electrons. The molecule has 1 aliphatic rings. The second-order valence-corrected chi connectivity index (χ2v) is 8.41. The van der Waals surface area contributed by atoms with E-state index >= 15 is 0 Å². The first kappa shape index (κ1) is 22.0. The van der Waals surface area contributed by atoms with Gasteiger partial charge in [0.15, 0.2) is 5.84 Å². The Morgan fingerprint density at radius 3 is 2.46 bits per heavy atom. The van der Waals surface area contributed by atoms with Gasteiger partial charge in [0.2, 0.25) is 0 Å². The van der Waals surface area contributed by atoms with Crippen LogP contribution >= 0.6 is 7.60 Å². The third kappa shape index (κ3) is 5.39. The van der Waals surface area contributed by atoms with Gasteiger partial charge in [-0.15, -0.1) is 0 Å². The molecule has 1 unspecified atom stereocenters. The summed E-state index contributed by atoms with van der Waals surface area (Å²) in [7, 11) is -3.38. The van der Waals surface area contributed by atoms with Crippen molar-refractivity contribution < 1.29 is 28.4 Å². The summed E-state index contributed by atoms with van der Waals surface area (Å²) in [5.41, 5.74) is -0.721. The molecule has 10 nitrogen and oxygen atoms in total. The van der Waals surface area contributed by atoms with E-state index in [2.05, 4.69) is 15.6 Å². The van der Waals surface area contributed by atoms with E-state index in [0.29, 0.717) is 5.69 Å². The molecule has 11 heteroatoms. The van der Waals surface area contributed by atoms with Crippen molar-refractivity contribution in [2.75, 3.05) is 24.7 Å². The van der Waals surface area contributed by atoms with Crippen LogP contribution in [0.5, 0.6) is 0 Å². The molecule has 0 radical (unpaired) electrons. The fraction of sp³-hybridized carbons (Fsp3) is 0.471. The zero-order valence-corrected chi connectivity index (χ0v) is 16.9. The number of amidine groups is 1. The highest BCUT2D eigenvalue weighted by Crippen LogP contribution is 2.49. The standard InChI is InChI=1S/C17H25N4O6P/c1-4-26-28(25,27-5-2)12-11-17(3)14(21(24)16(23)20-17)19-15(22)18-13-9-7-6-8-10-13/h6-10,24H,4-5,11-12H2,1-3H3,(H,18,22)(H,20,23). The zero-order chi connectivity index (χ0) is 20.8. The minimum absolute atomic E-state index is 0.0291. The molecular formula is C17H25N4O6P. The fourth-order valence-electron chi connectivity index (χ4n) is 2.71. The summed E-state index contributed by atoms with van der Waals surface area (Å²) >= 11 is 0. The van der Waals surface area contributed by atoms with Crippen LogP contribution in [-0.4, -0.2) is 53.1 Å². The van der Waals surface area contributed by atoms with Crippen molar-refractivity contribution in [1.29, 1.82) is 0 Å². The van der Waals surface area contributed by atoms with Crippen LogP contribution in [0.25, 0.3) is 0 Å². The van der Waals surface area contributed by atoms with Crippen molar-refractivity contribution >= 4 is 31.2 Å². The average molecular weight is 412 g/mol. The van der Waals surface area contributed by atoms with Gasteiger partial charge in [-0.3, -0.25) is 9.77 Å². The number of benzene rings is 1. The van der Waals surface area contributed by atoms with Gasteiger partial charge in [-0.05, 0) is 39.3 Å². The molecule has 0 aromatic heterocycles. The van der Waals surface area contributed by atoms with Crippen LogP contribution in [0.4, 0.5) is 15.3 Å². The van der Waals surface area contributed by atoms with Crippen molar-refractivity contribution in [3.8, 4) is 0 Å². The van der Waals surface area contributed by atoms with Gasteiger partial charge in [-0.1, -0.05) is 18.2 Å². The molecule has 0 spiro atoms. The lowest BCUT2D eigenvalue weighted by molar-refractivity contribution is 0.0347. The van der Waals surface area contributed by atoms with Crippen LogP contribution < -0.4 is 10.6 Å². The van der Waals surface area contributed by atoms with Gasteiger partial charge in [0.1, 0.15) is 5.54 Å². The van der Waals surface area contributed by atoms with Crippen molar-refractivity contribution in [3.63, 3.8) is 0 Å². The zero-order valence-electron chi connectivity index (χ0n) is 16.0.